The number of imidazole rings is 1. The molecule has 2 aromatic heterocycles. The Kier molecular flexibility index (Phi) is 4.48. The van der Waals surface area contributed by atoms with Gasteiger partial charge in [0.1, 0.15) is 12.4 Å². The van der Waals surface area contributed by atoms with Crippen LogP contribution in [0.1, 0.15) is 15.9 Å². The molecular weight excluding hydrogens is 360 g/mol. The second-order valence-corrected chi connectivity index (χ2v) is 6.49. The quantitative estimate of drug-likeness (QED) is 0.684. The Labute approximate surface area is 160 Å². The van der Waals surface area contributed by atoms with E-state index in [4.69, 9.17) is 5.11 Å². The third-order valence-corrected chi connectivity index (χ3v) is 4.55. The second-order valence-electron chi connectivity index (χ2n) is 6.49. The number of carboxylic acid groups (broad SMARTS) is 1. The predicted octanol–water partition coefficient (Wildman–Crippen LogP) is 1.14. The summed E-state index contributed by atoms with van der Waals surface area (Å²) in [5.74, 6) is -0.0839. The van der Waals surface area contributed by atoms with E-state index in [9.17, 15) is 9.59 Å². The minimum atomic E-state index is -0.956. The van der Waals surface area contributed by atoms with Crippen molar-refractivity contribution >= 4 is 17.8 Å². The van der Waals surface area contributed by atoms with E-state index in [-0.39, 0.29) is 12.5 Å². The number of hydrogen-bond donors (Lipinski definition) is 2. The number of hydrogen-bond acceptors (Lipinski definition) is 6. The number of benzene rings is 1. The number of amides is 1. The van der Waals surface area contributed by atoms with Crippen molar-refractivity contribution in [1.29, 1.82) is 0 Å². The molecule has 0 unspecified atom stereocenters. The molecule has 3 heterocycles. The van der Waals surface area contributed by atoms with Crippen molar-refractivity contribution in [2.24, 2.45) is 0 Å². The maximum Gasteiger partial charge on any atom is 0.323 e. The number of likely N-dealkylation sites (N-methyl/N-ethyl adjacent to an activating group) is 1. The van der Waals surface area contributed by atoms with Crippen LogP contribution in [-0.4, -0.2) is 56.6 Å². The molecule has 0 atom stereocenters. The summed E-state index contributed by atoms with van der Waals surface area (Å²) in [6, 6.07) is 5.77. The molecule has 0 radical (unpaired) electrons. The van der Waals surface area contributed by atoms with Gasteiger partial charge in [-0.1, -0.05) is 6.07 Å². The highest BCUT2D eigenvalue weighted by Gasteiger charge is 2.18. The third-order valence-electron chi connectivity index (χ3n) is 4.55. The molecule has 3 aromatic rings. The summed E-state index contributed by atoms with van der Waals surface area (Å²) in [6.07, 6.45) is 7.49. The highest BCUT2D eigenvalue weighted by Crippen LogP contribution is 2.24. The first-order valence-corrected chi connectivity index (χ1v) is 8.73. The van der Waals surface area contributed by atoms with Crippen molar-refractivity contribution in [3.63, 3.8) is 0 Å². The number of nitrogens with one attached hydrogen (secondary N) is 1. The summed E-state index contributed by atoms with van der Waals surface area (Å²) < 4.78 is 1.86. The van der Waals surface area contributed by atoms with E-state index in [1.165, 1.54) is 4.90 Å². The van der Waals surface area contributed by atoms with E-state index < -0.39 is 5.97 Å². The SMILES string of the molecule is CN(CC(=O)O)c1ncc(-c2nccn2-c2ccc3c(c2)C(=O)NCC3)cn1. The lowest BCUT2D eigenvalue weighted by molar-refractivity contribution is -0.135. The van der Waals surface area contributed by atoms with Gasteiger partial charge >= 0.3 is 5.97 Å². The first-order chi connectivity index (χ1) is 13.5. The topological polar surface area (TPSA) is 113 Å². The molecular formula is C19H18N6O3. The molecule has 4 rings (SSSR count). The van der Waals surface area contributed by atoms with Crippen LogP contribution in [0.3, 0.4) is 0 Å². The number of aromatic nitrogens is 4. The zero-order chi connectivity index (χ0) is 19.7. The smallest absolute Gasteiger partial charge is 0.323 e. The molecule has 0 fully saturated rings. The van der Waals surface area contributed by atoms with Crippen molar-refractivity contribution < 1.29 is 14.7 Å². The first-order valence-electron chi connectivity index (χ1n) is 8.73. The molecule has 0 aliphatic carbocycles. The average Bonchev–Trinajstić information content (AvgIpc) is 3.17. The molecule has 1 aromatic carbocycles. The molecule has 0 bridgehead atoms. The molecule has 28 heavy (non-hydrogen) atoms. The lowest BCUT2D eigenvalue weighted by Crippen LogP contribution is -2.31. The monoisotopic (exact) mass is 378 g/mol. The van der Waals surface area contributed by atoms with Crippen molar-refractivity contribution in [2.75, 3.05) is 25.0 Å². The maximum atomic E-state index is 12.1. The molecule has 2 N–H and O–H groups in total. The van der Waals surface area contributed by atoms with E-state index in [1.807, 2.05) is 29.0 Å². The fourth-order valence-electron chi connectivity index (χ4n) is 3.18. The van der Waals surface area contributed by atoms with Gasteiger partial charge in [0.05, 0.1) is 5.56 Å². The minimum absolute atomic E-state index is 0.0704. The van der Waals surface area contributed by atoms with Crippen LogP contribution in [0.15, 0.2) is 43.0 Å². The van der Waals surface area contributed by atoms with Crippen LogP contribution in [0.5, 0.6) is 0 Å². The highest BCUT2D eigenvalue weighted by molar-refractivity contribution is 5.97. The Hall–Kier alpha value is -3.75. The van der Waals surface area contributed by atoms with Crippen LogP contribution in [0.4, 0.5) is 5.95 Å². The molecule has 1 amide bonds. The van der Waals surface area contributed by atoms with Crippen LogP contribution in [-0.2, 0) is 11.2 Å². The summed E-state index contributed by atoms with van der Waals surface area (Å²) >= 11 is 0. The third kappa shape index (κ3) is 3.29. The number of anilines is 1. The van der Waals surface area contributed by atoms with Gasteiger partial charge in [0, 0.05) is 49.6 Å². The maximum absolute atomic E-state index is 12.1. The number of rotatable bonds is 5. The van der Waals surface area contributed by atoms with Gasteiger partial charge < -0.3 is 15.3 Å². The van der Waals surface area contributed by atoms with Crippen LogP contribution < -0.4 is 10.2 Å². The fraction of sp³-hybridized carbons (Fsp3) is 0.211. The fourth-order valence-corrected chi connectivity index (χ4v) is 3.18. The summed E-state index contributed by atoms with van der Waals surface area (Å²) in [5, 5.41) is 11.7. The van der Waals surface area contributed by atoms with Crippen molar-refractivity contribution in [3.05, 3.63) is 54.1 Å². The Morgan fingerprint density at radius 2 is 2.07 bits per heavy atom. The molecule has 142 valence electrons. The second kappa shape index (κ2) is 7.10. The molecule has 0 saturated heterocycles. The molecule has 9 heteroatoms. The standard InChI is InChI=1S/C19H18N6O3/c1-24(11-16(26)27)19-22-9-13(10-23-19)17-20-6-7-25(17)14-3-2-12-4-5-21-18(28)15(12)8-14/h2-3,6-10H,4-5,11H2,1H3,(H,21,28)(H,26,27). The zero-order valence-corrected chi connectivity index (χ0v) is 15.2. The number of nitrogens with zero attached hydrogens (tertiary/aromatic N) is 5. The molecule has 0 saturated carbocycles. The number of carbonyl (C=O) groups is 2. The van der Waals surface area contributed by atoms with E-state index in [1.54, 1.807) is 25.6 Å². The first kappa shape index (κ1) is 17.7. The lowest BCUT2D eigenvalue weighted by Gasteiger charge is -2.18. The average molecular weight is 378 g/mol. The molecule has 1 aliphatic rings. The van der Waals surface area contributed by atoms with Gasteiger partial charge in [-0.15, -0.1) is 0 Å². The van der Waals surface area contributed by atoms with Crippen LogP contribution in [0, 0.1) is 0 Å². The number of fused-ring (bicyclic) bond motifs is 1. The van der Waals surface area contributed by atoms with Gasteiger partial charge in [-0.05, 0) is 24.1 Å². The van der Waals surface area contributed by atoms with E-state index in [0.29, 0.717) is 29.4 Å². The van der Waals surface area contributed by atoms with E-state index >= 15 is 0 Å². The number of aliphatic carboxylic acids is 1. The van der Waals surface area contributed by atoms with E-state index in [0.717, 1.165) is 17.7 Å². The van der Waals surface area contributed by atoms with Crippen molar-refractivity contribution in [1.82, 2.24) is 24.8 Å². The Morgan fingerprint density at radius 3 is 2.82 bits per heavy atom. The van der Waals surface area contributed by atoms with Gasteiger partial charge in [0.15, 0.2) is 0 Å². The molecule has 1 aliphatic heterocycles. The number of carbonyl (C=O) groups excluding carboxylic acids is 1. The van der Waals surface area contributed by atoms with Crippen molar-refractivity contribution in [3.8, 4) is 17.1 Å². The summed E-state index contributed by atoms with van der Waals surface area (Å²) in [6.45, 7) is 0.465. The van der Waals surface area contributed by atoms with Crippen LogP contribution >= 0.6 is 0 Å². The van der Waals surface area contributed by atoms with Gasteiger partial charge in [-0.3, -0.25) is 14.2 Å². The summed E-state index contributed by atoms with van der Waals surface area (Å²) in [4.78, 5) is 37.3. The van der Waals surface area contributed by atoms with Crippen LogP contribution in [0.25, 0.3) is 17.1 Å². The Morgan fingerprint density at radius 1 is 1.29 bits per heavy atom. The summed E-state index contributed by atoms with van der Waals surface area (Å²) in [7, 11) is 1.61. The largest absolute Gasteiger partial charge is 0.480 e. The normalized spacial score (nSPS) is 13.0. The van der Waals surface area contributed by atoms with Crippen molar-refractivity contribution in [2.45, 2.75) is 6.42 Å². The van der Waals surface area contributed by atoms with E-state index in [2.05, 4.69) is 20.3 Å². The highest BCUT2D eigenvalue weighted by atomic mass is 16.4. The predicted molar refractivity (Wildman–Crippen MR) is 102 cm³/mol. The molecule has 9 nitrogen and oxygen atoms in total. The van der Waals surface area contributed by atoms with Crippen LogP contribution in [0.2, 0.25) is 0 Å². The van der Waals surface area contributed by atoms with Gasteiger partial charge in [-0.25, -0.2) is 15.0 Å². The molecule has 0 spiro atoms. The summed E-state index contributed by atoms with van der Waals surface area (Å²) in [5.41, 5.74) is 3.20. The Bertz CT molecular complexity index is 1040. The Balaban J connectivity index is 1.66. The minimum Gasteiger partial charge on any atom is -0.480 e. The number of carboxylic acids is 1. The zero-order valence-electron chi connectivity index (χ0n) is 15.2. The lowest BCUT2D eigenvalue weighted by atomic mass is 10.00. The van der Waals surface area contributed by atoms with Gasteiger partial charge in [0.25, 0.3) is 5.91 Å². The van der Waals surface area contributed by atoms with Gasteiger partial charge in [0.2, 0.25) is 5.95 Å². The van der Waals surface area contributed by atoms with Gasteiger partial charge in [-0.2, -0.15) is 0 Å².